The lowest BCUT2D eigenvalue weighted by Crippen LogP contribution is -2.58. The molecule has 2 aromatic carbocycles. The Morgan fingerprint density at radius 3 is 2.67 bits per heavy atom. The Labute approximate surface area is 211 Å². The number of para-hydroxylation sites is 2. The average Bonchev–Trinajstić information content (AvgIpc) is 2.87. The highest BCUT2D eigenvalue weighted by atomic mass is 16.5. The second kappa shape index (κ2) is 12.7. The second-order valence-electron chi connectivity index (χ2n) is 9.20. The Bertz CT molecular complexity index is 1000. The molecular weight excluding hydrogens is 462 g/mol. The van der Waals surface area contributed by atoms with Gasteiger partial charge in [-0.3, -0.25) is 4.79 Å². The van der Waals surface area contributed by atoms with Crippen molar-refractivity contribution in [3.63, 3.8) is 0 Å². The molecule has 9 heteroatoms. The predicted octanol–water partition coefficient (Wildman–Crippen LogP) is 2.59. The highest BCUT2D eigenvalue weighted by molar-refractivity contribution is 5.91. The molecule has 2 aliphatic heterocycles. The summed E-state index contributed by atoms with van der Waals surface area (Å²) in [5.74, 6) is 0.499. The number of benzene rings is 2. The number of aliphatic hydroxyl groups is 1. The van der Waals surface area contributed by atoms with Gasteiger partial charge in [0.05, 0.1) is 57.2 Å². The van der Waals surface area contributed by atoms with E-state index in [1.165, 1.54) is 5.56 Å². The van der Waals surface area contributed by atoms with Crippen molar-refractivity contribution in [1.82, 2.24) is 10.2 Å². The van der Waals surface area contributed by atoms with Crippen LogP contribution in [0.1, 0.15) is 24.8 Å². The highest BCUT2D eigenvalue weighted by Crippen LogP contribution is 2.29. The third kappa shape index (κ3) is 6.96. The number of urea groups is 1. The lowest BCUT2D eigenvalue weighted by Gasteiger charge is -2.44. The summed E-state index contributed by atoms with van der Waals surface area (Å²) >= 11 is 0. The molecule has 0 aromatic heterocycles. The maximum atomic E-state index is 13.3. The fraction of sp³-hybridized carbons (Fsp3) is 0.481. The van der Waals surface area contributed by atoms with Crippen LogP contribution in [0, 0.1) is 0 Å². The maximum Gasteiger partial charge on any atom is 0.322 e. The normalized spacial score (nSPS) is 24.1. The van der Waals surface area contributed by atoms with Gasteiger partial charge in [-0.1, -0.05) is 42.5 Å². The van der Waals surface area contributed by atoms with Crippen LogP contribution in [0.2, 0.25) is 0 Å². The molecule has 0 spiro atoms. The Kier molecular flexibility index (Phi) is 9.16. The van der Waals surface area contributed by atoms with E-state index in [2.05, 4.69) is 10.6 Å². The number of carbonyl (C=O) groups is 2. The number of carbonyl (C=O) groups excluding carboxylic acids is 2. The summed E-state index contributed by atoms with van der Waals surface area (Å²) in [6.45, 7) is 1.04. The van der Waals surface area contributed by atoms with Gasteiger partial charge in [0.1, 0.15) is 11.9 Å². The van der Waals surface area contributed by atoms with Crippen LogP contribution in [-0.2, 0) is 20.7 Å². The number of nitrogens with zero attached hydrogens (tertiary/aromatic N) is 1. The molecule has 2 heterocycles. The molecule has 0 bridgehead atoms. The number of hydrogen-bond acceptors (Lipinski definition) is 6. The predicted molar refractivity (Wildman–Crippen MR) is 135 cm³/mol. The molecule has 36 heavy (non-hydrogen) atoms. The van der Waals surface area contributed by atoms with Crippen molar-refractivity contribution in [3.8, 4) is 5.75 Å². The Balaban J connectivity index is 1.34. The first kappa shape index (κ1) is 25.9. The smallest absolute Gasteiger partial charge is 0.322 e. The lowest BCUT2D eigenvalue weighted by atomic mass is 9.95. The van der Waals surface area contributed by atoms with Crippen molar-refractivity contribution in [3.05, 3.63) is 60.2 Å². The zero-order valence-corrected chi connectivity index (χ0v) is 20.6. The standard InChI is InChI=1S/C27H35N3O6/c1-34-24-10-6-5-9-22(24)29-27(33)30-16-20(31)17-35-18-25-23(30)12-11-21(36-25)15-26(32)28-14-13-19-7-3-2-4-8-19/h2-10,20-21,23,25,31H,11-18H2,1H3,(H,28,32)(H,29,33)/t20-,21-,23-,25+/m1/s1. The number of anilines is 1. The topological polar surface area (TPSA) is 109 Å². The SMILES string of the molecule is COc1ccccc1NC(=O)N1C[C@@H](O)COC[C@@H]2O[C@@H](CC(=O)NCCc3ccccc3)CC[C@H]21. The fourth-order valence-electron chi connectivity index (χ4n) is 4.78. The molecule has 4 atom stereocenters. The molecule has 0 aliphatic carbocycles. The molecule has 2 saturated heterocycles. The minimum Gasteiger partial charge on any atom is -0.495 e. The number of fused-ring (bicyclic) bond motifs is 1. The Hall–Kier alpha value is -3.14. The molecule has 9 nitrogen and oxygen atoms in total. The quantitative estimate of drug-likeness (QED) is 0.543. The highest BCUT2D eigenvalue weighted by Gasteiger charge is 2.40. The zero-order valence-electron chi connectivity index (χ0n) is 20.6. The molecule has 0 radical (unpaired) electrons. The molecular formula is C27H35N3O6. The third-order valence-electron chi connectivity index (χ3n) is 6.58. The first-order valence-electron chi connectivity index (χ1n) is 12.5. The van der Waals surface area contributed by atoms with E-state index in [9.17, 15) is 14.7 Å². The lowest BCUT2D eigenvalue weighted by molar-refractivity contribution is -0.149. The van der Waals surface area contributed by atoms with E-state index in [0.29, 0.717) is 30.8 Å². The van der Waals surface area contributed by atoms with Crippen LogP contribution in [-0.4, -0.2) is 79.7 Å². The first-order chi connectivity index (χ1) is 17.5. The summed E-state index contributed by atoms with van der Waals surface area (Å²) in [7, 11) is 1.55. The Morgan fingerprint density at radius 1 is 1.08 bits per heavy atom. The van der Waals surface area contributed by atoms with Crippen LogP contribution in [0.5, 0.6) is 5.75 Å². The largest absolute Gasteiger partial charge is 0.495 e. The summed E-state index contributed by atoms with van der Waals surface area (Å²) in [4.78, 5) is 27.4. The van der Waals surface area contributed by atoms with Gasteiger partial charge < -0.3 is 34.9 Å². The third-order valence-corrected chi connectivity index (χ3v) is 6.58. The van der Waals surface area contributed by atoms with E-state index < -0.39 is 12.2 Å². The van der Waals surface area contributed by atoms with Crippen LogP contribution < -0.4 is 15.4 Å². The van der Waals surface area contributed by atoms with E-state index in [0.717, 1.165) is 6.42 Å². The molecule has 4 rings (SSSR count). The molecule has 0 saturated carbocycles. The summed E-state index contributed by atoms with van der Waals surface area (Å²) in [6, 6.07) is 16.6. The van der Waals surface area contributed by atoms with Gasteiger partial charge in [-0.25, -0.2) is 4.79 Å². The van der Waals surface area contributed by atoms with Gasteiger partial charge in [0, 0.05) is 6.54 Å². The van der Waals surface area contributed by atoms with Crippen molar-refractivity contribution in [1.29, 1.82) is 0 Å². The van der Waals surface area contributed by atoms with Gasteiger partial charge >= 0.3 is 6.03 Å². The summed E-state index contributed by atoms with van der Waals surface area (Å²) < 4.78 is 17.3. The van der Waals surface area contributed by atoms with Crippen LogP contribution in [0.15, 0.2) is 54.6 Å². The van der Waals surface area contributed by atoms with Crippen LogP contribution in [0.4, 0.5) is 10.5 Å². The summed E-state index contributed by atoms with van der Waals surface area (Å²) in [5, 5.41) is 16.2. The molecule has 2 aromatic rings. The minimum absolute atomic E-state index is 0.0534. The fourth-order valence-corrected chi connectivity index (χ4v) is 4.78. The molecule has 2 fully saturated rings. The van der Waals surface area contributed by atoms with E-state index in [-0.39, 0.29) is 50.3 Å². The van der Waals surface area contributed by atoms with Crippen molar-refractivity contribution in [2.75, 3.05) is 38.7 Å². The molecule has 3 amide bonds. The van der Waals surface area contributed by atoms with E-state index in [1.54, 1.807) is 24.1 Å². The molecule has 2 aliphatic rings. The molecule has 3 N–H and O–H groups in total. The number of ether oxygens (including phenoxy) is 3. The van der Waals surface area contributed by atoms with Gasteiger partial charge in [0.2, 0.25) is 5.91 Å². The number of rotatable bonds is 7. The molecule has 0 unspecified atom stereocenters. The van der Waals surface area contributed by atoms with Crippen molar-refractivity contribution in [2.45, 2.75) is 50.0 Å². The Morgan fingerprint density at radius 2 is 1.86 bits per heavy atom. The van der Waals surface area contributed by atoms with Crippen molar-refractivity contribution < 1.29 is 28.9 Å². The maximum absolute atomic E-state index is 13.3. The van der Waals surface area contributed by atoms with Crippen LogP contribution in [0.3, 0.4) is 0 Å². The monoisotopic (exact) mass is 497 g/mol. The van der Waals surface area contributed by atoms with Gasteiger partial charge in [-0.15, -0.1) is 0 Å². The first-order valence-corrected chi connectivity index (χ1v) is 12.5. The summed E-state index contributed by atoms with van der Waals surface area (Å²) in [6.07, 6.45) is 0.849. The minimum atomic E-state index is -0.803. The van der Waals surface area contributed by atoms with Gasteiger partial charge in [-0.2, -0.15) is 0 Å². The number of aliphatic hydroxyl groups excluding tert-OH is 1. The van der Waals surface area contributed by atoms with Crippen LogP contribution >= 0.6 is 0 Å². The number of β-amino-alcohol motifs (C(OH)–C–C–N with tert-alkyl or cyclic N) is 1. The van der Waals surface area contributed by atoms with Crippen molar-refractivity contribution in [2.24, 2.45) is 0 Å². The zero-order chi connectivity index (χ0) is 25.3. The summed E-state index contributed by atoms with van der Waals surface area (Å²) in [5.41, 5.74) is 1.73. The van der Waals surface area contributed by atoms with E-state index in [1.807, 2.05) is 42.5 Å². The van der Waals surface area contributed by atoms with Crippen LogP contribution in [0.25, 0.3) is 0 Å². The van der Waals surface area contributed by atoms with Gasteiger partial charge in [0.15, 0.2) is 0 Å². The van der Waals surface area contributed by atoms with E-state index in [4.69, 9.17) is 14.2 Å². The molecule has 194 valence electrons. The van der Waals surface area contributed by atoms with E-state index >= 15 is 0 Å². The second-order valence-corrected chi connectivity index (χ2v) is 9.20. The number of nitrogens with one attached hydrogen (secondary N) is 2. The average molecular weight is 498 g/mol. The van der Waals surface area contributed by atoms with Crippen molar-refractivity contribution >= 4 is 17.6 Å². The van der Waals surface area contributed by atoms with Gasteiger partial charge in [-0.05, 0) is 37.0 Å². The number of amides is 3. The number of hydrogen-bond donors (Lipinski definition) is 3. The van der Waals surface area contributed by atoms with Gasteiger partial charge in [0.25, 0.3) is 0 Å². The number of methoxy groups -OCH3 is 1.